The van der Waals surface area contributed by atoms with Crippen LogP contribution in [0, 0.1) is 17.8 Å². The zero-order chi connectivity index (χ0) is 13.7. The number of hydrogen-bond acceptors (Lipinski definition) is 3. The molecule has 1 aliphatic rings. The zero-order valence-electron chi connectivity index (χ0n) is 12.3. The second kappa shape index (κ2) is 7.10. The molecule has 1 saturated heterocycles. The molecule has 106 valence electrons. The molecule has 1 heterocycles. The lowest BCUT2D eigenvalue weighted by molar-refractivity contribution is -0.119. The Morgan fingerprint density at radius 3 is 2.50 bits per heavy atom. The topological polar surface area (TPSA) is 58.4 Å². The molecular formula is C14H29N3O. The zero-order valence-corrected chi connectivity index (χ0v) is 12.3. The highest BCUT2D eigenvalue weighted by atomic mass is 16.1. The monoisotopic (exact) mass is 255 g/mol. The predicted molar refractivity (Wildman–Crippen MR) is 75.2 cm³/mol. The van der Waals surface area contributed by atoms with Crippen LogP contribution < -0.4 is 11.1 Å². The van der Waals surface area contributed by atoms with Crippen LogP contribution in [0.3, 0.4) is 0 Å². The maximum absolute atomic E-state index is 11.1. The molecule has 4 heteroatoms. The summed E-state index contributed by atoms with van der Waals surface area (Å²) in [6.45, 7) is 12.3. The molecule has 18 heavy (non-hydrogen) atoms. The van der Waals surface area contributed by atoms with Gasteiger partial charge in [0.15, 0.2) is 0 Å². The molecule has 0 radical (unpaired) electrons. The van der Waals surface area contributed by atoms with Gasteiger partial charge in [0.2, 0.25) is 5.91 Å². The van der Waals surface area contributed by atoms with Crippen molar-refractivity contribution in [2.45, 2.75) is 40.2 Å². The summed E-state index contributed by atoms with van der Waals surface area (Å²) in [6, 6.07) is 0.493. The summed E-state index contributed by atoms with van der Waals surface area (Å²) < 4.78 is 0. The van der Waals surface area contributed by atoms with Crippen molar-refractivity contribution in [2.24, 2.45) is 23.5 Å². The largest absolute Gasteiger partial charge is 0.369 e. The van der Waals surface area contributed by atoms with Crippen LogP contribution >= 0.6 is 0 Å². The average molecular weight is 255 g/mol. The number of carbonyl (C=O) groups is 1. The minimum Gasteiger partial charge on any atom is -0.369 e. The lowest BCUT2D eigenvalue weighted by Gasteiger charge is -2.39. The predicted octanol–water partition coefficient (Wildman–Crippen LogP) is 1.06. The summed E-state index contributed by atoms with van der Waals surface area (Å²) in [7, 11) is 0. The first-order valence-corrected chi connectivity index (χ1v) is 7.12. The van der Waals surface area contributed by atoms with E-state index in [1.54, 1.807) is 0 Å². The minimum absolute atomic E-state index is 0.220. The van der Waals surface area contributed by atoms with Gasteiger partial charge in [0.05, 0.1) is 6.54 Å². The Morgan fingerprint density at radius 2 is 2.00 bits per heavy atom. The summed E-state index contributed by atoms with van der Waals surface area (Å²) in [4.78, 5) is 13.3. The second-order valence-electron chi connectivity index (χ2n) is 6.40. The van der Waals surface area contributed by atoms with Crippen LogP contribution in [0.25, 0.3) is 0 Å². The quantitative estimate of drug-likeness (QED) is 0.746. The van der Waals surface area contributed by atoms with Gasteiger partial charge in [0.1, 0.15) is 0 Å². The molecule has 0 aromatic carbocycles. The number of piperidine rings is 1. The third-order valence-corrected chi connectivity index (χ3v) is 3.70. The van der Waals surface area contributed by atoms with Gasteiger partial charge >= 0.3 is 0 Å². The van der Waals surface area contributed by atoms with Gasteiger partial charge in [-0.2, -0.15) is 0 Å². The van der Waals surface area contributed by atoms with Gasteiger partial charge in [-0.15, -0.1) is 0 Å². The van der Waals surface area contributed by atoms with Crippen molar-refractivity contribution >= 4 is 5.91 Å². The lowest BCUT2D eigenvalue weighted by Crippen LogP contribution is -2.52. The molecular weight excluding hydrogens is 226 g/mol. The highest BCUT2D eigenvalue weighted by Gasteiger charge is 2.29. The molecule has 0 saturated carbocycles. The van der Waals surface area contributed by atoms with E-state index in [1.165, 1.54) is 6.42 Å². The van der Waals surface area contributed by atoms with Crippen LogP contribution in [0.15, 0.2) is 0 Å². The molecule has 4 nitrogen and oxygen atoms in total. The minimum atomic E-state index is -0.220. The first-order valence-electron chi connectivity index (χ1n) is 7.12. The van der Waals surface area contributed by atoms with Gasteiger partial charge in [-0.05, 0) is 30.7 Å². The van der Waals surface area contributed by atoms with E-state index in [1.807, 2.05) is 0 Å². The van der Waals surface area contributed by atoms with Crippen molar-refractivity contribution in [3.63, 3.8) is 0 Å². The summed E-state index contributed by atoms with van der Waals surface area (Å²) in [5, 5.41) is 3.62. The molecule has 1 amide bonds. The molecule has 1 fully saturated rings. The molecule has 1 rings (SSSR count). The maximum atomic E-state index is 11.1. The molecule has 2 unspecified atom stereocenters. The van der Waals surface area contributed by atoms with Crippen molar-refractivity contribution in [1.82, 2.24) is 10.2 Å². The smallest absolute Gasteiger partial charge is 0.231 e. The SMILES string of the molecule is CC(C)CNC1CC(C(C)C)CN(CC(N)=O)C1. The number of nitrogens with two attached hydrogens (primary N) is 1. The van der Waals surface area contributed by atoms with Crippen molar-refractivity contribution in [3.8, 4) is 0 Å². The number of hydrogen-bond donors (Lipinski definition) is 2. The first kappa shape index (κ1) is 15.4. The maximum Gasteiger partial charge on any atom is 0.231 e. The van der Waals surface area contributed by atoms with Crippen molar-refractivity contribution in [1.29, 1.82) is 0 Å². The molecule has 2 atom stereocenters. The van der Waals surface area contributed by atoms with Gasteiger partial charge in [-0.25, -0.2) is 0 Å². The fourth-order valence-electron chi connectivity index (χ4n) is 2.62. The van der Waals surface area contributed by atoms with Crippen LogP contribution in [-0.4, -0.2) is 43.0 Å². The third-order valence-electron chi connectivity index (χ3n) is 3.70. The van der Waals surface area contributed by atoms with E-state index >= 15 is 0 Å². The number of primary amides is 1. The van der Waals surface area contributed by atoms with E-state index < -0.39 is 0 Å². The summed E-state index contributed by atoms with van der Waals surface area (Å²) in [5.74, 6) is 1.75. The number of nitrogens with one attached hydrogen (secondary N) is 1. The number of carbonyl (C=O) groups excluding carboxylic acids is 1. The Kier molecular flexibility index (Phi) is 6.09. The summed E-state index contributed by atoms with van der Waals surface area (Å²) in [5.41, 5.74) is 5.31. The van der Waals surface area contributed by atoms with Crippen LogP contribution in [0.5, 0.6) is 0 Å². The van der Waals surface area contributed by atoms with Gasteiger partial charge in [0.25, 0.3) is 0 Å². The Hall–Kier alpha value is -0.610. The van der Waals surface area contributed by atoms with E-state index in [-0.39, 0.29) is 5.91 Å². The van der Waals surface area contributed by atoms with Gasteiger partial charge < -0.3 is 11.1 Å². The van der Waals surface area contributed by atoms with Crippen molar-refractivity contribution < 1.29 is 4.79 Å². The molecule has 0 aromatic rings. The van der Waals surface area contributed by atoms with Crippen LogP contribution in [0.1, 0.15) is 34.1 Å². The Morgan fingerprint density at radius 1 is 1.33 bits per heavy atom. The van der Waals surface area contributed by atoms with Crippen LogP contribution in [-0.2, 0) is 4.79 Å². The number of nitrogens with zero attached hydrogens (tertiary/aromatic N) is 1. The van der Waals surface area contributed by atoms with Gasteiger partial charge in [0, 0.05) is 19.1 Å². The standard InChI is InChI=1S/C14H29N3O/c1-10(2)6-16-13-5-12(11(3)4)7-17(8-13)9-14(15)18/h10-13,16H,5-9H2,1-4H3,(H2,15,18). The molecule has 0 bridgehead atoms. The van der Waals surface area contributed by atoms with Gasteiger partial charge in [-0.3, -0.25) is 9.69 Å². The van der Waals surface area contributed by atoms with Crippen molar-refractivity contribution in [3.05, 3.63) is 0 Å². The molecule has 0 aliphatic carbocycles. The Labute approximate surface area is 111 Å². The van der Waals surface area contributed by atoms with E-state index in [2.05, 4.69) is 37.9 Å². The second-order valence-corrected chi connectivity index (χ2v) is 6.40. The summed E-state index contributed by atoms with van der Waals surface area (Å²) in [6.07, 6.45) is 1.21. The van der Waals surface area contributed by atoms with E-state index in [4.69, 9.17) is 5.73 Å². The third kappa shape index (κ3) is 5.36. The average Bonchev–Trinajstić information content (AvgIpc) is 2.25. The van der Waals surface area contributed by atoms with Crippen LogP contribution in [0.4, 0.5) is 0 Å². The molecule has 0 aromatic heterocycles. The highest BCUT2D eigenvalue weighted by Crippen LogP contribution is 2.23. The molecule has 0 spiro atoms. The number of amides is 1. The normalized spacial score (nSPS) is 25.9. The number of rotatable bonds is 6. The molecule has 3 N–H and O–H groups in total. The lowest BCUT2D eigenvalue weighted by atomic mass is 9.85. The summed E-state index contributed by atoms with van der Waals surface area (Å²) >= 11 is 0. The van der Waals surface area contributed by atoms with Gasteiger partial charge in [-0.1, -0.05) is 27.7 Å². The van der Waals surface area contributed by atoms with Crippen LogP contribution in [0.2, 0.25) is 0 Å². The fraction of sp³-hybridized carbons (Fsp3) is 0.929. The van der Waals surface area contributed by atoms with E-state index in [0.717, 1.165) is 19.6 Å². The highest BCUT2D eigenvalue weighted by molar-refractivity contribution is 5.75. The Bertz CT molecular complexity index is 266. The van der Waals surface area contributed by atoms with E-state index in [0.29, 0.717) is 30.3 Å². The first-order chi connectivity index (χ1) is 8.38. The van der Waals surface area contributed by atoms with E-state index in [9.17, 15) is 4.79 Å². The number of likely N-dealkylation sites (tertiary alicyclic amines) is 1. The molecule has 1 aliphatic heterocycles. The fourth-order valence-corrected chi connectivity index (χ4v) is 2.62. The van der Waals surface area contributed by atoms with Crippen molar-refractivity contribution in [2.75, 3.05) is 26.2 Å². The Balaban J connectivity index is 2.53.